The SMILES string of the molecule is CC(C)(C)c1cc(CNC[C@@H](N)CCCN)cc(C(C)(C)C)c1. The van der Waals surface area contributed by atoms with E-state index in [4.69, 9.17) is 11.5 Å². The van der Waals surface area contributed by atoms with Gasteiger partial charge >= 0.3 is 0 Å². The Morgan fingerprint density at radius 1 is 0.957 bits per heavy atom. The van der Waals surface area contributed by atoms with Crippen molar-refractivity contribution in [3.8, 4) is 0 Å². The van der Waals surface area contributed by atoms with Gasteiger partial charge in [-0.15, -0.1) is 0 Å². The molecule has 0 bridgehead atoms. The van der Waals surface area contributed by atoms with Crippen molar-refractivity contribution < 1.29 is 0 Å². The summed E-state index contributed by atoms with van der Waals surface area (Å²) in [4.78, 5) is 0. The fourth-order valence-electron chi connectivity index (χ4n) is 2.54. The largest absolute Gasteiger partial charge is 0.330 e. The van der Waals surface area contributed by atoms with Gasteiger partial charge in [0.1, 0.15) is 0 Å². The summed E-state index contributed by atoms with van der Waals surface area (Å²) in [5, 5.41) is 3.50. The van der Waals surface area contributed by atoms with Crippen LogP contribution in [-0.4, -0.2) is 19.1 Å². The van der Waals surface area contributed by atoms with E-state index >= 15 is 0 Å². The number of nitrogens with two attached hydrogens (primary N) is 2. The molecule has 3 nitrogen and oxygen atoms in total. The average Bonchev–Trinajstić information content (AvgIpc) is 2.43. The maximum absolute atomic E-state index is 6.10. The Balaban J connectivity index is 2.81. The van der Waals surface area contributed by atoms with Crippen molar-refractivity contribution in [1.29, 1.82) is 0 Å². The predicted octanol–water partition coefficient (Wildman–Crippen LogP) is 3.44. The molecule has 0 saturated carbocycles. The van der Waals surface area contributed by atoms with Crippen molar-refractivity contribution in [3.63, 3.8) is 0 Å². The molecule has 3 heteroatoms. The average molecular weight is 320 g/mol. The Labute approximate surface area is 143 Å². The number of hydrogen-bond donors (Lipinski definition) is 3. The fraction of sp³-hybridized carbons (Fsp3) is 0.700. The highest BCUT2D eigenvalue weighted by molar-refractivity contribution is 5.37. The first kappa shape index (κ1) is 20.1. The molecule has 1 aromatic carbocycles. The lowest BCUT2D eigenvalue weighted by Gasteiger charge is -2.26. The molecule has 1 rings (SSSR count). The molecule has 0 aliphatic carbocycles. The van der Waals surface area contributed by atoms with Crippen LogP contribution in [-0.2, 0) is 17.4 Å². The van der Waals surface area contributed by atoms with Crippen LogP contribution in [0.4, 0.5) is 0 Å². The summed E-state index contributed by atoms with van der Waals surface area (Å²) in [6.07, 6.45) is 1.98. The van der Waals surface area contributed by atoms with Crippen LogP contribution in [0.3, 0.4) is 0 Å². The summed E-state index contributed by atoms with van der Waals surface area (Å²) in [6.45, 7) is 16.1. The van der Waals surface area contributed by atoms with Crippen molar-refractivity contribution in [2.75, 3.05) is 13.1 Å². The summed E-state index contributed by atoms with van der Waals surface area (Å²) < 4.78 is 0. The fourth-order valence-corrected chi connectivity index (χ4v) is 2.54. The lowest BCUT2D eigenvalue weighted by atomic mass is 9.79. The number of hydrogen-bond acceptors (Lipinski definition) is 3. The first-order valence-electron chi connectivity index (χ1n) is 8.85. The van der Waals surface area contributed by atoms with Gasteiger partial charge in [0, 0.05) is 19.1 Å². The first-order valence-corrected chi connectivity index (χ1v) is 8.85. The van der Waals surface area contributed by atoms with Crippen LogP contribution in [0.5, 0.6) is 0 Å². The summed E-state index contributed by atoms with van der Waals surface area (Å²) >= 11 is 0. The van der Waals surface area contributed by atoms with Gasteiger partial charge in [-0.2, -0.15) is 0 Å². The molecule has 0 amide bonds. The predicted molar refractivity (Wildman–Crippen MR) is 102 cm³/mol. The minimum Gasteiger partial charge on any atom is -0.330 e. The zero-order valence-corrected chi connectivity index (χ0v) is 16.0. The minimum absolute atomic E-state index is 0.160. The summed E-state index contributed by atoms with van der Waals surface area (Å²) in [5.74, 6) is 0. The third-order valence-electron chi connectivity index (χ3n) is 4.24. The highest BCUT2D eigenvalue weighted by Crippen LogP contribution is 2.30. The van der Waals surface area contributed by atoms with E-state index in [-0.39, 0.29) is 16.9 Å². The second-order valence-corrected chi connectivity index (χ2v) is 8.74. The molecule has 0 saturated heterocycles. The third-order valence-corrected chi connectivity index (χ3v) is 4.24. The monoisotopic (exact) mass is 319 g/mol. The van der Waals surface area contributed by atoms with Crippen LogP contribution in [0.15, 0.2) is 18.2 Å². The lowest BCUT2D eigenvalue weighted by molar-refractivity contribution is 0.528. The molecular weight excluding hydrogens is 282 g/mol. The van der Waals surface area contributed by atoms with Gasteiger partial charge in [-0.3, -0.25) is 0 Å². The van der Waals surface area contributed by atoms with E-state index in [0.29, 0.717) is 0 Å². The molecule has 23 heavy (non-hydrogen) atoms. The Morgan fingerprint density at radius 2 is 1.48 bits per heavy atom. The van der Waals surface area contributed by atoms with Gasteiger partial charge in [0.15, 0.2) is 0 Å². The van der Waals surface area contributed by atoms with Crippen LogP contribution in [0.2, 0.25) is 0 Å². The van der Waals surface area contributed by atoms with Crippen LogP contribution in [0.25, 0.3) is 0 Å². The molecule has 0 aromatic heterocycles. The summed E-state index contributed by atoms with van der Waals surface area (Å²) in [6, 6.07) is 7.20. The maximum Gasteiger partial charge on any atom is 0.0206 e. The molecular formula is C20H37N3. The van der Waals surface area contributed by atoms with Crippen molar-refractivity contribution in [2.24, 2.45) is 11.5 Å². The molecule has 0 aliphatic rings. The molecule has 1 atom stereocenters. The van der Waals surface area contributed by atoms with Crippen LogP contribution in [0, 0.1) is 0 Å². The van der Waals surface area contributed by atoms with Crippen molar-refractivity contribution in [1.82, 2.24) is 5.32 Å². The topological polar surface area (TPSA) is 64.1 Å². The molecule has 5 N–H and O–H groups in total. The van der Waals surface area contributed by atoms with Gasteiger partial charge in [-0.05, 0) is 46.9 Å². The molecule has 0 unspecified atom stereocenters. The van der Waals surface area contributed by atoms with Crippen molar-refractivity contribution >= 4 is 0 Å². The van der Waals surface area contributed by atoms with E-state index in [1.165, 1.54) is 16.7 Å². The molecule has 1 aromatic rings. The third kappa shape index (κ3) is 7.03. The van der Waals surface area contributed by atoms with Gasteiger partial charge in [-0.1, -0.05) is 59.7 Å². The summed E-state index contributed by atoms with van der Waals surface area (Å²) in [7, 11) is 0. The van der Waals surface area contributed by atoms with Gasteiger partial charge in [-0.25, -0.2) is 0 Å². The molecule has 0 fully saturated rings. The maximum atomic E-state index is 6.10. The Kier molecular flexibility index (Phi) is 7.25. The van der Waals surface area contributed by atoms with Gasteiger partial charge in [0.2, 0.25) is 0 Å². The minimum atomic E-state index is 0.160. The second-order valence-electron chi connectivity index (χ2n) is 8.74. The normalized spacial score (nSPS) is 14.1. The first-order chi connectivity index (χ1) is 10.5. The molecule has 0 spiro atoms. The van der Waals surface area contributed by atoms with E-state index in [2.05, 4.69) is 65.1 Å². The lowest BCUT2D eigenvalue weighted by Crippen LogP contribution is -2.34. The van der Waals surface area contributed by atoms with E-state index in [1.807, 2.05) is 0 Å². The second kappa shape index (κ2) is 8.27. The Morgan fingerprint density at radius 3 is 1.91 bits per heavy atom. The molecule has 0 aliphatic heterocycles. The van der Waals surface area contributed by atoms with Crippen LogP contribution >= 0.6 is 0 Å². The summed E-state index contributed by atoms with van der Waals surface area (Å²) in [5.41, 5.74) is 16.1. The van der Waals surface area contributed by atoms with Crippen LogP contribution in [0.1, 0.15) is 71.1 Å². The highest BCUT2D eigenvalue weighted by Gasteiger charge is 2.20. The molecule has 0 heterocycles. The number of nitrogens with one attached hydrogen (secondary N) is 1. The number of rotatable bonds is 7. The van der Waals surface area contributed by atoms with E-state index in [0.717, 1.165) is 32.5 Å². The Hall–Kier alpha value is -0.900. The van der Waals surface area contributed by atoms with Gasteiger partial charge in [0.25, 0.3) is 0 Å². The zero-order valence-electron chi connectivity index (χ0n) is 16.0. The Bertz CT molecular complexity index is 448. The standard InChI is InChI=1S/C20H37N3/c1-19(2,3)16-10-15(11-17(12-16)20(4,5)6)13-23-14-18(22)8-7-9-21/h10-12,18,23H,7-9,13-14,21-22H2,1-6H3/t18-/m0/s1. The van der Waals surface area contributed by atoms with Gasteiger partial charge in [0.05, 0.1) is 0 Å². The highest BCUT2D eigenvalue weighted by atomic mass is 14.9. The van der Waals surface area contributed by atoms with Gasteiger partial charge < -0.3 is 16.8 Å². The molecule has 132 valence electrons. The van der Waals surface area contributed by atoms with Crippen LogP contribution < -0.4 is 16.8 Å². The zero-order chi connectivity index (χ0) is 17.7. The van der Waals surface area contributed by atoms with E-state index in [9.17, 15) is 0 Å². The number of benzene rings is 1. The van der Waals surface area contributed by atoms with Crippen molar-refractivity contribution in [2.45, 2.75) is 77.8 Å². The van der Waals surface area contributed by atoms with E-state index < -0.39 is 0 Å². The quantitative estimate of drug-likeness (QED) is 0.721. The van der Waals surface area contributed by atoms with Crippen molar-refractivity contribution in [3.05, 3.63) is 34.9 Å². The molecule has 0 radical (unpaired) electrons. The van der Waals surface area contributed by atoms with E-state index in [1.54, 1.807) is 0 Å². The smallest absolute Gasteiger partial charge is 0.0206 e.